The Hall–Kier alpha value is -1.58. The molecule has 2 rings (SSSR count). The predicted octanol–water partition coefficient (Wildman–Crippen LogP) is 2.61. The number of ether oxygens (including phenoxy) is 1. The molecule has 0 N–H and O–H groups in total. The number of aryl methyl sites for hydroxylation is 1. The van der Waals surface area contributed by atoms with E-state index in [-0.39, 0.29) is 24.8 Å². The molecule has 6 heteroatoms. The lowest BCUT2D eigenvalue weighted by Crippen LogP contribution is -2.39. The van der Waals surface area contributed by atoms with Gasteiger partial charge in [-0.2, -0.15) is 5.26 Å². The zero-order valence-electron chi connectivity index (χ0n) is 12.9. The zero-order valence-corrected chi connectivity index (χ0v) is 13.7. The fraction of sp³-hybridized carbons (Fsp3) is 0.562. The van der Waals surface area contributed by atoms with Crippen LogP contribution >= 0.6 is 0 Å². The van der Waals surface area contributed by atoms with Crippen molar-refractivity contribution in [1.29, 1.82) is 5.26 Å². The quantitative estimate of drug-likeness (QED) is 0.807. The molecule has 1 aliphatic rings. The molecule has 0 bridgehead atoms. The Morgan fingerprint density at radius 2 is 2.23 bits per heavy atom. The fourth-order valence-electron chi connectivity index (χ4n) is 2.63. The largest absolute Gasteiger partial charge is 0.377 e. The standard InChI is InChI=1S/C16H22N2O3S/c1-14-6-4-7-15(12-14)18(10-5-9-17)22(19,20)13-16-8-2-3-11-21-16/h4,6-7,12,16H,2-3,5,8,10-11,13H2,1H3/t16-/m0/s1. The van der Waals surface area contributed by atoms with Crippen molar-refractivity contribution in [2.75, 3.05) is 23.2 Å². The molecule has 0 aromatic heterocycles. The van der Waals surface area contributed by atoms with E-state index < -0.39 is 10.0 Å². The Kier molecular flexibility index (Phi) is 5.81. The summed E-state index contributed by atoms with van der Waals surface area (Å²) in [5.41, 5.74) is 1.61. The first kappa shape index (κ1) is 16.8. The average Bonchev–Trinajstić information content (AvgIpc) is 2.48. The van der Waals surface area contributed by atoms with Gasteiger partial charge >= 0.3 is 0 Å². The van der Waals surface area contributed by atoms with Gasteiger partial charge in [0.1, 0.15) is 0 Å². The van der Waals surface area contributed by atoms with Crippen molar-refractivity contribution in [2.45, 2.75) is 38.7 Å². The van der Waals surface area contributed by atoms with Crippen LogP contribution in [0.3, 0.4) is 0 Å². The highest BCUT2D eigenvalue weighted by atomic mass is 32.2. The van der Waals surface area contributed by atoms with Crippen molar-refractivity contribution in [3.63, 3.8) is 0 Å². The van der Waals surface area contributed by atoms with E-state index in [1.165, 1.54) is 4.31 Å². The van der Waals surface area contributed by atoms with Crippen LogP contribution < -0.4 is 4.31 Å². The van der Waals surface area contributed by atoms with Gasteiger partial charge in [-0.3, -0.25) is 4.31 Å². The van der Waals surface area contributed by atoms with Crippen molar-refractivity contribution in [2.24, 2.45) is 0 Å². The molecular formula is C16H22N2O3S. The second kappa shape index (κ2) is 7.61. The number of hydrogen-bond donors (Lipinski definition) is 0. The van der Waals surface area contributed by atoms with Crippen LogP contribution in [0.1, 0.15) is 31.2 Å². The summed E-state index contributed by atoms with van der Waals surface area (Å²) in [5, 5.41) is 8.81. The number of sulfonamides is 1. The maximum Gasteiger partial charge on any atom is 0.237 e. The van der Waals surface area contributed by atoms with Crippen LogP contribution in [0.5, 0.6) is 0 Å². The molecule has 0 saturated carbocycles. The third kappa shape index (κ3) is 4.46. The maximum absolute atomic E-state index is 12.8. The summed E-state index contributed by atoms with van der Waals surface area (Å²) in [7, 11) is -3.51. The third-order valence-electron chi connectivity index (χ3n) is 3.72. The molecule has 1 atom stereocenters. The van der Waals surface area contributed by atoms with Crippen LogP contribution in [-0.2, 0) is 14.8 Å². The maximum atomic E-state index is 12.8. The van der Waals surface area contributed by atoms with E-state index in [1.54, 1.807) is 6.07 Å². The lowest BCUT2D eigenvalue weighted by molar-refractivity contribution is 0.0305. The topological polar surface area (TPSA) is 70.4 Å². The summed E-state index contributed by atoms with van der Waals surface area (Å²) in [6.45, 7) is 2.72. The summed E-state index contributed by atoms with van der Waals surface area (Å²) >= 11 is 0. The van der Waals surface area contributed by atoms with E-state index >= 15 is 0 Å². The van der Waals surface area contributed by atoms with Gasteiger partial charge in [-0.1, -0.05) is 12.1 Å². The second-order valence-corrected chi connectivity index (χ2v) is 7.52. The van der Waals surface area contributed by atoms with Gasteiger partial charge in [0.05, 0.1) is 30.0 Å². The molecule has 1 saturated heterocycles. The molecule has 1 aromatic rings. The number of hydrogen-bond acceptors (Lipinski definition) is 4. The van der Waals surface area contributed by atoms with Gasteiger partial charge in [0.15, 0.2) is 0 Å². The first-order valence-electron chi connectivity index (χ1n) is 7.58. The summed E-state index contributed by atoms with van der Waals surface area (Å²) in [4.78, 5) is 0. The van der Waals surface area contributed by atoms with E-state index in [0.29, 0.717) is 12.3 Å². The molecule has 0 radical (unpaired) electrons. The lowest BCUT2D eigenvalue weighted by atomic mass is 10.1. The van der Waals surface area contributed by atoms with Crippen LogP contribution in [0.25, 0.3) is 0 Å². The van der Waals surface area contributed by atoms with Gasteiger partial charge in [0, 0.05) is 13.2 Å². The van der Waals surface area contributed by atoms with Crippen molar-refractivity contribution in [3.05, 3.63) is 29.8 Å². The normalized spacial score (nSPS) is 18.6. The number of anilines is 1. The summed E-state index contributed by atoms with van der Waals surface area (Å²) < 4.78 is 32.4. The highest BCUT2D eigenvalue weighted by Crippen LogP contribution is 2.23. The molecule has 1 fully saturated rings. The molecule has 1 aromatic carbocycles. The van der Waals surface area contributed by atoms with Crippen LogP contribution in [0.15, 0.2) is 24.3 Å². The van der Waals surface area contributed by atoms with Crippen LogP contribution in [0.4, 0.5) is 5.69 Å². The highest BCUT2D eigenvalue weighted by molar-refractivity contribution is 7.92. The van der Waals surface area contributed by atoms with E-state index in [4.69, 9.17) is 10.00 Å². The number of benzene rings is 1. The van der Waals surface area contributed by atoms with Gasteiger partial charge in [-0.05, 0) is 43.9 Å². The fourth-order valence-corrected chi connectivity index (χ4v) is 4.34. The Morgan fingerprint density at radius 1 is 1.41 bits per heavy atom. The first-order valence-corrected chi connectivity index (χ1v) is 9.19. The minimum absolute atomic E-state index is 0.0215. The number of rotatable bonds is 6. The SMILES string of the molecule is Cc1cccc(N(CCC#N)S(=O)(=O)C[C@@H]2CCCCO2)c1. The number of nitriles is 1. The van der Waals surface area contributed by atoms with E-state index in [0.717, 1.165) is 24.8 Å². The van der Waals surface area contributed by atoms with E-state index in [9.17, 15) is 8.42 Å². The van der Waals surface area contributed by atoms with Crippen molar-refractivity contribution < 1.29 is 13.2 Å². The van der Waals surface area contributed by atoms with Gasteiger partial charge < -0.3 is 4.74 Å². The highest BCUT2D eigenvalue weighted by Gasteiger charge is 2.28. The van der Waals surface area contributed by atoms with E-state index in [2.05, 4.69) is 0 Å². The minimum Gasteiger partial charge on any atom is -0.377 e. The molecule has 1 heterocycles. The smallest absolute Gasteiger partial charge is 0.237 e. The number of nitrogens with zero attached hydrogens (tertiary/aromatic N) is 2. The zero-order chi connectivity index (χ0) is 16.0. The Bertz CT molecular complexity index is 631. The average molecular weight is 322 g/mol. The molecule has 0 amide bonds. The van der Waals surface area contributed by atoms with Gasteiger partial charge in [0.25, 0.3) is 0 Å². The Balaban J connectivity index is 2.21. The molecule has 22 heavy (non-hydrogen) atoms. The first-order chi connectivity index (χ1) is 10.5. The van der Waals surface area contributed by atoms with E-state index in [1.807, 2.05) is 31.2 Å². The molecule has 1 aliphatic heterocycles. The summed E-state index contributed by atoms with van der Waals surface area (Å²) in [5.74, 6) is -0.0215. The van der Waals surface area contributed by atoms with Gasteiger partial charge in [-0.25, -0.2) is 8.42 Å². The van der Waals surface area contributed by atoms with Crippen LogP contribution in [0.2, 0.25) is 0 Å². The van der Waals surface area contributed by atoms with Gasteiger partial charge in [-0.15, -0.1) is 0 Å². The van der Waals surface area contributed by atoms with Crippen LogP contribution in [-0.4, -0.2) is 33.4 Å². The van der Waals surface area contributed by atoms with Gasteiger partial charge in [0.2, 0.25) is 10.0 Å². The Labute approximate surface area is 132 Å². The molecule has 0 spiro atoms. The monoisotopic (exact) mass is 322 g/mol. The van der Waals surface area contributed by atoms with Crippen molar-refractivity contribution >= 4 is 15.7 Å². The Morgan fingerprint density at radius 3 is 2.86 bits per heavy atom. The molecule has 0 aliphatic carbocycles. The molecule has 5 nitrogen and oxygen atoms in total. The van der Waals surface area contributed by atoms with Crippen molar-refractivity contribution in [1.82, 2.24) is 0 Å². The minimum atomic E-state index is -3.51. The second-order valence-electron chi connectivity index (χ2n) is 5.59. The summed E-state index contributed by atoms with van der Waals surface area (Å²) in [6, 6.07) is 9.37. The summed E-state index contributed by atoms with van der Waals surface area (Å²) in [6.07, 6.45) is 2.70. The van der Waals surface area contributed by atoms with Crippen molar-refractivity contribution in [3.8, 4) is 6.07 Å². The predicted molar refractivity (Wildman–Crippen MR) is 86.1 cm³/mol. The lowest BCUT2D eigenvalue weighted by Gasteiger charge is -2.28. The third-order valence-corrected chi connectivity index (χ3v) is 5.58. The molecule has 120 valence electrons. The molecular weight excluding hydrogens is 300 g/mol. The molecule has 0 unspecified atom stereocenters. The van der Waals surface area contributed by atoms with Crippen LogP contribution in [0, 0.1) is 18.3 Å².